The summed E-state index contributed by atoms with van der Waals surface area (Å²) in [6.45, 7) is 37.0. The first kappa shape index (κ1) is 76.3. The predicted octanol–water partition coefficient (Wildman–Crippen LogP) is 32.0. The molecule has 16 aromatic carbocycles. The van der Waals surface area contributed by atoms with Crippen LogP contribution in [0.2, 0.25) is 0 Å². The molecule has 4 heterocycles. The zero-order valence-corrected chi connectivity index (χ0v) is 68.6. The van der Waals surface area contributed by atoms with Gasteiger partial charge in [0.2, 0.25) is 5.69 Å². The Bertz CT molecular complexity index is 6950. The fourth-order valence-electron chi connectivity index (χ4n) is 17.1. The first-order chi connectivity index (χ1) is 57.6. The summed E-state index contributed by atoms with van der Waals surface area (Å²) >= 11 is 0. The molecule has 0 aliphatic rings. The Morgan fingerprint density at radius 1 is 0.229 bits per heavy atom. The number of aryl methyl sites for hydroxylation is 2. The van der Waals surface area contributed by atoms with Crippen molar-refractivity contribution in [3.8, 4) is 67.3 Å². The number of aromatic nitrogens is 4. The van der Waals surface area contributed by atoms with Gasteiger partial charge in [-0.3, -0.25) is 0 Å². The van der Waals surface area contributed by atoms with Gasteiger partial charge < -0.3 is 18.3 Å². The van der Waals surface area contributed by atoms with Crippen molar-refractivity contribution < 1.29 is 0 Å². The molecule has 20 aromatic rings. The summed E-state index contributed by atoms with van der Waals surface area (Å²) in [5.74, 6) is 2.05. The average Bonchev–Trinajstić information content (AvgIpc) is 1.57. The molecule has 0 fully saturated rings. The molecule has 0 aliphatic carbocycles. The van der Waals surface area contributed by atoms with Gasteiger partial charge in [0.1, 0.15) is 0 Å². The second-order valence-corrected chi connectivity index (χ2v) is 32.2. The summed E-state index contributed by atoms with van der Waals surface area (Å²) in [6.07, 6.45) is 0. The van der Waals surface area contributed by atoms with Crippen molar-refractivity contribution in [2.75, 3.05) is 0 Å². The third-order valence-electron chi connectivity index (χ3n) is 23.4. The van der Waals surface area contributed by atoms with Crippen LogP contribution in [0.25, 0.3) is 164 Å². The van der Waals surface area contributed by atoms with Crippen molar-refractivity contribution in [1.82, 2.24) is 18.3 Å². The van der Waals surface area contributed by atoms with Crippen molar-refractivity contribution in [2.24, 2.45) is 0 Å². The average molecular weight is 1520 g/mol. The molecule has 6 heteroatoms. The first-order valence-corrected chi connectivity index (χ1v) is 41.2. The maximum atomic E-state index is 7.61. The van der Waals surface area contributed by atoms with Gasteiger partial charge in [0.25, 0.3) is 0 Å². The Hall–Kier alpha value is -14.3. The molecule has 20 rings (SSSR count). The lowest BCUT2D eigenvalue weighted by molar-refractivity contribution is 0.865. The van der Waals surface area contributed by atoms with Crippen LogP contribution in [0.4, 0.5) is 11.4 Å². The molecule has 0 saturated carbocycles. The number of fused-ring (bicyclic) bond motifs is 12. The minimum atomic E-state index is 0.506. The maximum Gasteiger partial charge on any atom is 0.211 e. The highest BCUT2D eigenvalue weighted by Gasteiger charge is 2.23. The number of rotatable bonds is 12. The molecule has 0 aliphatic heterocycles. The Morgan fingerprint density at radius 3 is 0.941 bits per heavy atom. The molecule has 0 bridgehead atoms. The van der Waals surface area contributed by atoms with Crippen molar-refractivity contribution in [1.29, 1.82) is 0 Å². The van der Waals surface area contributed by atoms with Gasteiger partial charge >= 0.3 is 0 Å². The minimum Gasteiger partial charge on any atom is -0.319 e. The Kier molecular flexibility index (Phi) is 21.3. The van der Waals surface area contributed by atoms with E-state index in [1.807, 2.05) is 24.3 Å². The van der Waals surface area contributed by atoms with Gasteiger partial charge in [0, 0.05) is 77.1 Å². The van der Waals surface area contributed by atoms with Crippen LogP contribution in [0.5, 0.6) is 0 Å². The summed E-state index contributed by atoms with van der Waals surface area (Å²) in [5.41, 5.74) is 33.2. The summed E-state index contributed by atoms with van der Waals surface area (Å²) in [5, 5.41) is 9.88. The molecular weight excluding hydrogens is 1430 g/mol. The van der Waals surface area contributed by atoms with Gasteiger partial charge in [-0.15, -0.1) is 0 Å². The van der Waals surface area contributed by atoms with Crippen molar-refractivity contribution >= 4 is 98.6 Å². The molecule has 0 saturated heterocycles. The molecule has 0 radical (unpaired) electrons. The highest BCUT2D eigenvalue weighted by atomic mass is 15.0. The van der Waals surface area contributed by atoms with Gasteiger partial charge in [-0.05, 0) is 182 Å². The Balaban J connectivity index is 0.000000114. The van der Waals surface area contributed by atoms with Gasteiger partial charge in [-0.1, -0.05) is 347 Å². The normalized spacial score (nSPS) is 11.4. The molecule has 118 heavy (non-hydrogen) atoms. The molecule has 4 aromatic heterocycles. The van der Waals surface area contributed by atoms with Crippen LogP contribution in [-0.2, 0) is 0 Å². The highest BCUT2D eigenvalue weighted by Crippen LogP contribution is 2.45. The van der Waals surface area contributed by atoms with E-state index in [1.165, 1.54) is 160 Å². The quantitative estimate of drug-likeness (QED) is 0.109. The van der Waals surface area contributed by atoms with Gasteiger partial charge in [-0.25, -0.2) is 9.69 Å². The van der Waals surface area contributed by atoms with Gasteiger partial charge in [-0.2, -0.15) is 0 Å². The topological polar surface area (TPSA) is 28.4 Å². The molecule has 6 nitrogen and oxygen atoms in total. The molecule has 0 N–H and O–H groups in total. The minimum absolute atomic E-state index is 0.506. The number of para-hydroxylation sites is 4. The smallest absolute Gasteiger partial charge is 0.211 e. The summed E-state index contributed by atoms with van der Waals surface area (Å²) in [7, 11) is 0. The number of hydrogen-bond acceptors (Lipinski definition) is 0. The summed E-state index contributed by atoms with van der Waals surface area (Å²) in [4.78, 5) is 7.40. The van der Waals surface area contributed by atoms with Gasteiger partial charge in [0.05, 0.1) is 51.8 Å². The van der Waals surface area contributed by atoms with Crippen molar-refractivity contribution in [2.45, 2.75) is 92.9 Å². The lowest BCUT2D eigenvalue weighted by atomic mass is 10.0. The van der Waals surface area contributed by atoms with Gasteiger partial charge in [0.15, 0.2) is 5.69 Å². The zero-order valence-electron chi connectivity index (χ0n) is 68.6. The standard InChI is InChI=1S/2C33H27N.2C23H20N2/c1-23(2)24-19-21-27(22-20-24)34-32-28(25-11-5-3-6-12-25)15-9-17-30(32)31-18-10-16-29(33(31)34)26-13-7-4-8-14-26;1-23(2)24-13-17-29(18-14-24)34-32-21-27(25-9-5-3-6-10-25)15-19-30(32)31-20-16-28(22-33(31)34)26-11-7-4-8-12-26;1-15(2)17-6-9-19(10-7-17)25-22-13-16(3)5-11-20(22)21-12-8-18(24-4)14-23(21)25;1-15(2)17-11-13-18(14-12-17)25-22-16(3)7-5-8-19(22)20-9-6-10-21(24-4)23(20)25/h2*3-23H,1-2H3;2*5-15H,1-3H3. The van der Waals surface area contributed by atoms with E-state index in [9.17, 15) is 0 Å². The second kappa shape index (κ2) is 32.9. The summed E-state index contributed by atoms with van der Waals surface area (Å²) in [6, 6.07) is 130. The zero-order chi connectivity index (χ0) is 81.2. The van der Waals surface area contributed by atoms with Crippen LogP contribution in [-0.4, -0.2) is 18.3 Å². The number of nitrogens with zero attached hydrogens (tertiary/aromatic N) is 6. The van der Waals surface area contributed by atoms with E-state index in [0.717, 1.165) is 27.8 Å². The molecule has 0 spiro atoms. The monoisotopic (exact) mass is 1520 g/mol. The molecule has 0 amide bonds. The van der Waals surface area contributed by atoms with E-state index in [0.29, 0.717) is 35.0 Å². The molecular formula is C112H94N6. The van der Waals surface area contributed by atoms with E-state index in [4.69, 9.17) is 13.1 Å². The van der Waals surface area contributed by atoms with E-state index < -0.39 is 0 Å². The number of benzene rings is 16. The van der Waals surface area contributed by atoms with Crippen LogP contribution in [0.3, 0.4) is 0 Å². The van der Waals surface area contributed by atoms with Crippen molar-refractivity contribution in [3.05, 3.63) is 420 Å². The lowest BCUT2D eigenvalue weighted by Crippen LogP contribution is -1.98. The molecule has 572 valence electrons. The van der Waals surface area contributed by atoms with E-state index in [1.54, 1.807) is 0 Å². The molecule has 0 atom stereocenters. The fourth-order valence-corrected chi connectivity index (χ4v) is 17.1. The third kappa shape index (κ3) is 14.6. The lowest BCUT2D eigenvalue weighted by Gasteiger charge is -2.15. The Labute approximate surface area is 692 Å². The predicted molar refractivity (Wildman–Crippen MR) is 503 cm³/mol. The van der Waals surface area contributed by atoms with Crippen molar-refractivity contribution in [3.63, 3.8) is 0 Å². The maximum absolute atomic E-state index is 7.61. The SMILES string of the molecule is CC(C)c1ccc(-n2c3c(-c4ccccc4)cccc3c3cccc(-c4ccccc4)c32)cc1.CC(C)c1ccc(-n2c3cc(-c4ccccc4)ccc3c3ccc(-c4ccccc4)cc32)cc1.[C-]#[N+]c1ccc2c3ccc(C)cc3n(-c3ccc(C(C)C)cc3)c2c1.[C-]#[N+]c1cccc2c3cccc(C)c3n(-c3ccc(C(C)C)cc3)c12. The van der Waals surface area contributed by atoms with E-state index >= 15 is 0 Å². The summed E-state index contributed by atoms with van der Waals surface area (Å²) < 4.78 is 9.42. The van der Waals surface area contributed by atoms with Crippen LogP contribution in [0, 0.1) is 27.0 Å². The largest absolute Gasteiger partial charge is 0.319 e. The fraction of sp³-hybridized carbons (Fsp3) is 0.125. The number of hydrogen-bond donors (Lipinski definition) is 0. The van der Waals surface area contributed by atoms with Crippen LogP contribution in [0.15, 0.2) is 364 Å². The Morgan fingerprint density at radius 2 is 0.551 bits per heavy atom. The first-order valence-electron chi connectivity index (χ1n) is 41.2. The van der Waals surface area contributed by atoms with E-state index in [2.05, 4.69) is 437 Å². The van der Waals surface area contributed by atoms with Crippen LogP contribution in [0.1, 0.15) is 112 Å². The van der Waals surface area contributed by atoms with Crippen LogP contribution >= 0.6 is 0 Å². The second-order valence-electron chi connectivity index (χ2n) is 32.2. The van der Waals surface area contributed by atoms with E-state index in [-0.39, 0.29) is 0 Å². The third-order valence-corrected chi connectivity index (χ3v) is 23.4. The van der Waals surface area contributed by atoms with Crippen LogP contribution < -0.4 is 0 Å². The molecule has 0 unspecified atom stereocenters. The highest BCUT2D eigenvalue weighted by molar-refractivity contribution is 6.18.